The first-order valence-corrected chi connectivity index (χ1v) is 10.9. The lowest BCUT2D eigenvalue weighted by Crippen LogP contribution is -2.39. The zero-order chi connectivity index (χ0) is 22.0. The Morgan fingerprint density at radius 3 is 2.26 bits per heavy atom. The van der Waals surface area contributed by atoms with E-state index in [0.717, 1.165) is 4.47 Å². The zero-order valence-electron chi connectivity index (χ0n) is 16.4. The minimum Gasteiger partial charge on any atom is -0.425 e. The number of carbonyl (C=O) groups is 3. The number of hydrogen-bond acceptors (Lipinski definition) is 4. The van der Waals surface area contributed by atoms with Gasteiger partial charge in [0.05, 0.1) is 5.41 Å². The smallest absolute Gasteiger partial charge is 0.327 e. The van der Waals surface area contributed by atoms with E-state index in [1.165, 1.54) is 0 Å². The Kier molecular flexibility index (Phi) is 4.47. The largest absolute Gasteiger partial charge is 0.425 e. The number of rotatable bonds is 4. The second-order valence-electron chi connectivity index (χ2n) is 8.05. The molecule has 0 N–H and O–H groups in total. The van der Waals surface area contributed by atoms with E-state index < -0.39 is 28.5 Å². The number of benzene rings is 3. The first-order valence-electron chi connectivity index (χ1n) is 9.73. The topological polar surface area (TPSA) is 60.4 Å². The summed E-state index contributed by atoms with van der Waals surface area (Å²) in [6.07, 6.45) is 0. The molecule has 0 radical (unpaired) electrons. The van der Waals surface area contributed by atoms with Gasteiger partial charge in [-0.1, -0.05) is 64.8 Å². The summed E-state index contributed by atoms with van der Waals surface area (Å²) in [4.78, 5) is 41.0. The summed E-state index contributed by atoms with van der Waals surface area (Å²) in [5, 5.41) is 0.499. The molecule has 0 aromatic heterocycles. The van der Waals surface area contributed by atoms with Crippen molar-refractivity contribution < 1.29 is 19.1 Å². The number of ether oxygens (including phenoxy) is 1. The van der Waals surface area contributed by atoms with Crippen molar-refractivity contribution in [1.29, 1.82) is 0 Å². The Hall–Kier alpha value is -2.76. The van der Waals surface area contributed by atoms with Crippen molar-refractivity contribution >= 4 is 45.1 Å². The van der Waals surface area contributed by atoms with Crippen LogP contribution in [0.25, 0.3) is 0 Å². The molecule has 0 amide bonds. The van der Waals surface area contributed by atoms with Crippen LogP contribution in [0.15, 0.2) is 77.3 Å². The molecule has 0 bridgehead atoms. The van der Waals surface area contributed by atoms with Gasteiger partial charge in [0, 0.05) is 32.1 Å². The van der Waals surface area contributed by atoms with E-state index in [1.807, 2.05) is 6.07 Å². The van der Waals surface area contributed by atoms with Crippen LogP contribution >= 0.6 is 27.5 Å². The fourth-order valence-corrected chi connectivity index (χ4v) is 5.50. The molecular weight excluding hydrogens is 480 g/mol. The lowest BCUT2D eigenvalue weighted by Gasteiger charge is -2.23. The number of fused-ring (bicyclic) bond motifs is 3. The van der Waals surface area contributed by atoms with Gasteiger partial charge in [-0.15, -0.1) is 0 Å². The highest BCUT2D eigenvalue weighted by Gasteiger charge is 2.87. The third-order valence-electron chi connectivity index (χ3n) is 6.53. The van der Waals surface area contributed by atoms with Crippen LogP contribution in [-0.4, -0.2) is 17.5 Å². The molecule has 1 saturated carbocycles. The monoisotopic (exact) mass is 494 g/mol. The molecule has 1 aliphatic heterocycles. The van der Waals surface area contributed by atoms with Crippen LogP contribution in [-0.2, 0) is 4.79 Å². The summed E-state index contributed by atoms with van der Waals surface area (Å²) in [6, 6.07) is 20.3. The molecule has 1 heterocycles. The van der Waals surface area contributed by atoms with Crippen LogP contribution < -0.4 is 4.74 Å². The van der Waals surface area contributed by atoms with Crippen molar-refractivity contribution in [3.05, 3.63) is 99.0 Å². The molecular formula is C25H16BrClO4. The van der Waals surface area contributed by atoms with Crippen molar-refractivity contribution in [1.82, 2.24) is 0 Å². The second kappa shape index (κ2) is 6.87. The maximum absolute atomic E-state index is 13.8. The molecule has 6 heteroatoms. The van der Waals surface area contributed by atoms with Gasteiger partial charge in [0.25, 0.3) is 0 Å². The van der Waals surface area contributed by atoms with Gasteiger partial charge in [0.15, 0.2) is 17.0 Å². The first kappa shape index (κ1) is 20.2. The maximum atomic E-state index is 13.8. The quantitative estimate of drug-likeness (QED) is 0.196. The maximum Gasteiger partial charge on any atom is 0.327 e. The number of halogens is 2. The highest BCUT2D eigenvalue weighted by molar-refractivity contribution is 9.10. The molecule has 0 spiro atoms. The Morgan fingerprint density at radius 1 is 0.935 bits per heavy atom. The molecule has 3 aromatic rings. The van der Waals surface area contributed by atoms with E-state index in [2.05, 4.69) is 15.9 Å². The van der Waals surface area contributed by atoms with E-state index in [-0.39, 0.29) is 5.78 Å². The standard InChI is InChI=1S/C25H16BrClO4/c1-24(21(28)15-7-10-17(27)11-8-15)20-18-13-16(26)9-12-19(18)31-23(30)25(20,24)22(29)14-5-3-2-4-6-14/h2-13,20H,1H3/t20-,24-,25-/m0/s1. The molecule has 31 heavy (non-hydrogen) atoms. The average molecular weight is 496 g/mol. The predicted molar refractivity (Wildman–Crippen MR) is 120 cm³/mol. The minimum absolute atomic E-state index is 0.289. The Balaban J connectivity index is 1.73. The predicted octanol–water partition coefficient (Wildman–Crippen LogP) is 5.88. The van der Waals surface area contributed by atoms with Gasteiger partial charge < -0.3 is 4.74 Å². The fourth-order valence-electron chi connectivity index (χ4n) is 5.00. The second-order valence-corrected chi connectivity index (χ2v) is 9.40. The molecule has 5 rings (SSSR count). The van der Waals surface area contributed by atoms with E-state index in [0.29, 0.717) is 27.5 Å². The number of ketones is 2. The van der Waals surface area contributed by atoms with Crippen molar-refractivity contribution in [3.63, 3.8) is 0 Å². The summed E-state index contributed by atoms with van der Waals surface area (Å²) in [6.45, 7) is 1.69. The molecule has 1 aliphatic carbocycles. The Bertz CT molecular complexity index is 1250. The summed E-state index contributed by atoms with van der Waals surface area (Å²) in [5.41, 5.74) is -1.49. The van der Waals surface area contributed by atoms with E-state index >= 15 is 0 Å². The van der Waals surface area contributed by atoms with Gasteiger partial charge >= 0.3 is 5.97 Å². The van der Waals surface area contributed by atoms with Crippen LogP contribution in [0.3, 0.4) is 0 Å². The van der Waals surface area contributed by atoms with Crippen molar-refractivity contribution in [2.24, 2.45) is 10.8 Å². The third-order valence-corrected chi connectivity index (χ3v) is 7.27. The molecule has 4 nitrogen and oxygen atoms in total. The average Bonchev–Trinajstić information content (AvgIpc) is 3.37. The van der Waals surface area contributed by atoms with Crippen LogP contribution in [0.1, 0.15) is 39.1 Å². The summed E-state index contributed by atoms with van der Waals surface area (Å²) < 4.78 is 6.41. The fraction of sp³-hybridized carbons (Fsp3) is 0.160. The number of carbonyl (C=O) groups excluding carboxylic acids is 3. The number of hydrogen-bond donors (Lipinski definition) is 0. The lowest BCUT2D eigenvalue weighted by molar-refractivity contribution is -0.140. The Labute approximate surface area is 192 Å². The Morgan fingerprint density at radius 2 is 1.58 bits per heavy atom. The number of esters is 1. The summed E-state index contributed by atoms with van der Waals surface area (Å²) in [5.74, 6) is -1.64. The van der Waals surface area contributed by atoms with Gasteiger partial charge in [-0.05, 0) is 42.5 Å². The molecule has 1 fully saturated rings. The van der Waals surface area contributed by atoms with Crippen LogP contribution in [0.2, 0.25) is 5.02 Å². The van der Waals surface area contributed by atoms with Crippen molar-refractivity contribution in [2.45, 2.75) is 12.8 Å². The van der Waals surface area contributed by atoms with Gasteiger partial charge in [-0.3, -0.25) is 14.4 Å². The van der Waals surface area contributed by atoms with Crippen LogP contribution in [0, 0.1) is 10.8 Å². The molecule has 0 unspecified atom stereocenters. The van der Waals surface area contributed by atoms with E-state index in [9.17, 15) is 14.4 Å². The zero-order valence-corrected chi connectivity index (χ0v) is 18.7. The normalized spacial score (nSPS) is 25.8. The molecule has 3 aromatic carbocycles. The highest BCUT2D eigenvalue weighted by Crippen LogP contribution is 2.79. The van der Waals surface area contributed by atoms with Crippen molar-refractivity contribution in [2.75, 3.05) is 0 Å². The van der Waals surface area contributed by atoms with Gasteiger partial charge in [0.2, 0.25) is 0 Å². The van der Waals surface area contributed by atoms with E-state index in [1.54, 1.807) is 73.7 Å². The molecule has 0 saturated heterocycles. The highest BCUT2D eigenvalue weighted by atomic mass is 79.9. The van der Waals surface area contributed by atoms with E-state index in [4.69, 9.17) is 16.3 Å². The first-order chi connectivity index (χ1) is 14.8. The minimum atomic E-state index is -1.63. The lowest BCUT2D eigenvalue weighted by atomic mass is 9.82. The molecule has 2 aliphatic rings. The van der Waals surface area contributed by atoms with Crippen molar-refractivity contribution in [3.8, 4) is 5.75 Å². The van der Waals surface area contributed by atoms with Crippen LogP contribution in [0.5, 0.6) is 5.75 Å². The van der Waals surface area contributed by atoms with Crippen LogP contribution in [0.4, 0.5) is 0 Å². The number of Topliss-reactive ketones (excluding diaryl/α,β-unsaturated/α-hetero) is 2. The summed E-state index contributed by atoms with van der Waals surface area (Å²) >= 11 is 9.44. The molecule has 154 valence electrons. The van der Waals surface area contributed by atoms with Gasteiger partial charge in [0.1, 0.15) is 5.75 Å². The van der Waals surface area contributed by atoms with Gasteiger partial charge in [-0.25, -0.2) is 0 Å². The molecule has 3 atom stereocenters. The SMILES string of the molecule is C[C@@]1(C(=O)c2ccc(Cl)cc2)[C@@H]2c3cc(Br)ccc3OC(=O)[C@@]21C(=O)c1ccccc1. The summed E-state index contributed by atoms with van der Waals surface area (Å²) in [7, 11) is 0. The third kappa shape index (κ3) is 2.63. The van der Waals surface area contributed by atoms with Gasteiger partial charge in [-0.2, -0.15) is 0 Å².